The molecule has 0 unspecified atom stereocenters. The number of Topliss-reactive ketones (excluding diaryl/α,β-unsaturated/α-hetero) is 1. The Labute approximate surface area is 183 Å². The maximum Gasteiger partial charge on any atom is 0.257 e. The number of benzene rings is 2. The standard InChI is InChI=1S/C21H23N3O4.C3H8/c1-14(22-12-15-8-5-4-6-9-15)19(18(26)13-25)23-17-11-7-10-16(20(17)27)21(28)24(2)3;1-3-2/h4-11,13,22-23,27H,12H2,1-3H3;3H2,1-2H3/b19-14-;. The molecule has 0 aliphatic carbocycles. The SMILES string of the molecule is C/C(NCc1ccccc1)=C(/Nc1cccc(C(=O)N(C)C)c1O)C(=O)C=O.CCC. The minimum Gasteiger partial charge on any atom is -0.505 e. The number of phenolic OH excluding ortho intramolecular Hbond substituents is 1. The third-order valence-electron chi connectivity index (χ3n) is 4.06. The van der Waals surface area contributed by atoms with Gasteiger partial charge < -0.3 is 20.6 Å². The lowest BCUT2D eigenvalue weighted by Crippen LogP contribution is -2.23. The molecule has 0 saturated carbocycles. The van der Waals surface area contributed by atoms with E-state index in [4.69, 9.17) is 0 Å². The highest BCUT2D eigenvalue weighted by Gasteiger charge is 2.19. The summed E-state index contributed by atoms with van der Waals surface area (Å²) in [5.41, 5.74) is 1.67. The second-order valence-corrected chi connectivity index (χ2v) is 7.05. The highest BCUT2D eigenvalue weighted by atomic mass is 16.3. The molecule has 0 spiro atoms. The monoisotopic (exact) mass is 425 g/mol. The molecule has 7 heteroatoms. The first kappa shape index (κ1) is 25.4. The number of anilines is 1. The third kappa shape index (κ3) is 7.62. The fourth-order valence-corrected chi connectivity index (χ4v) is 2.51. The zero-order valence-electron chi connectivity index (χ0n) is 18.7. The molecule has 0 saturated heterocycles. The fraction of sp³-hybridized carbons (Fsp3) is 0.292. The third-order valence-corrected chi connectivity index (χ3v) is 4.06. The van der Waals surface area contributed by atoms with Crippen LogP contribution in [0.1, 0.15) is 43.1 Å². The maximum atomic E-state index is 12.2. The van der Waals surface area contributed by atoms with E-state index in [0.29, 0.717) is 12.2 Å². The van der Waals surface area contributed by atoms with Crippen molar-refractivity contribution in [2.24, 2.45) is 0 Å². The lowest BCUT2D eigenvalue weighted by molar-refractivity contribution is -0.127. The van der Waals surface area contributed by atoms with Crippen LogP contribution in [0.4, 0.5) is 5.69 Å². The van der Waals surface area contributed by atoms with Gasteiger partial charge in [-0.2, -0.15) is 0 Å². The topological polar surface area (TPSA) is 98.7 Å². The summed E-state index contributed by atoms with van der Waals surface area (Å²) in [6.45, 7) is 6.35. The van der Waals surface area contributed by atoms with Crippen molar-refractivity contribution in [2.45, 2.75) is 33.7 Å². The predicted molar refractivity (Wildman–Crippen MR) is 123 cm³/mol. The number of phenols is 1. The van der Waals surface area contributed by atoms with Crippen LogP contribution >= 0.6 is 0 Å². The molecule has 2 aromatic rings. The van der Waals surface area contributed by atoms with Gasteiger partial charge in [-0.15, -0.1) is 0 Å². The molecule has 0 aliphatic rings. The van der Waals surface area contributed by atoms with E-state index in [9.17, 15) is 19.5 Å². The zero-order chi connectivity index (χ0) is 23.4. The molecule has 7 nitrogen and oxygen atoms in total. The number of allylic oxidation sites excluding steroid dienone is 2. The fourth-order valence-electron chi connectivity index (χ4n) is 2.51. The van der Waals surface area contributed by atoms with E-state index in [2.05, 4.69) is 24.5 Å². The van der Waals surface area contributed by atoms with Gasteiger partial charge in [-0.1, -0.05) is 56.7 Å². The Hall–Kier alpha value is -3.61. The molecule has 0 heterocycles. The number of aromatic hydroxyl groups is 1. The van der Waals surface area contributed by atoms with E-state index >= 15 is 0 Å². The summed E-state index contributed by atoms with van der Waals surface area (Å²) >= 11 is 0. The van der Waals surface area contributed by atoms with Crippen LogP contribution in [0.2, 0.25) is 0 Å². The first-order chi connectivity index (χ1) is 14.8. The van der Waals surface area contributed by atoms with E-state index in [0.717, 1.165) is 5.56 Å². The Morgan fingerprint density at radius 3 is 2.19 bits per heavy atom. The Balaban J connectivity index is 0.00000151. The molecule has 0 radical (unpaired) electrons. The number of nitrogens with one attached hydrogen (secondary N) is 2. The quantitative estimate of drug-likeness (QED) is 0.258. The van der Waals surface area contributed by atoms with Gasteiger partial charge in [0.25, 0.3) is 5.91 Å². The van der Waals surface area contributed by atoms with Crippen LogP contribution in [0, 0.1) is 0 Å². The van der Waals surface area contributed by atoms with Crippen LogP contribution in [0.5, 0.6) is 5.75 Å². The number of carbonyl (C=O) groups excluding carboxylic acids is 3. The molecule has 0 aliphatic heterocycles. The number of amides is 1. The van der Waals surface area contributed by atoms with Crippen LogP contribution in [0.25, 0.3) is 0 Å². The molecule has 2 rings (SSSR count). The van der Waals surface area contributed by atoms with E-state index < -0.39 is 5.78 Å². The smallest absolute Gasteiger partial charge is 0.257 e. The second-order valence-electron chi connectivity index (χ2n) is 7.05. The van der Waals surface area contributed by atoms with Crippen molar-refractivity contribution < 1.29 is 19.5 Å². The Morgan fingerprint density at radius 2 is 1.65 bits per heavy atom. The van der Waals surface area contributed by atoms with E-state index in [1.807, 2.05) is 30.3 Å². The predicted octanol–water partition coefficient (Wildman–Crippen LogP) is 3.71. The van der Waals surface area contributed by atoms with Gasteiger partial charge in [-0.25, -0.2) is 0 Å². The number of rotatable bonds is 8. The molecule has 0 fully saturated rings. The van der Waals surface area contributed by atoms with Crippen molar-refractivity contribution in [3.63, 3.8) is 0 Å². The summed E-state index contributed by atoms with van der Waals surface area (Å²) in [5, 5.41) is 16.3. The van der Waals surface area contributed by atoms with Crippen LogP contribution in [0.3, 0.4) is 0 Å². The largest absolute Gasteiger partial charge is 0.505 e. The van der Waals surface area contributed by atoms with Crippen molar-refractivity contribution in [1.29, 1.82) is 0 Å². The summed E-state index contributed by atoms with van der Waals surface area (Å²) in [5.74, 6) is -1.46. The van der Waals surface area contributed by atoms with E-state index in [1.54, 1.807) is 27.1 Å². The van der Waals surface area contributed by atoms with Gasteiger partial charge in [0.05, 0.1) is 11.3 Å². The number of hydrogen-bond acceptors (Lipinski definition) is 6. The summed E-state index contributed by atoms with van der Waals surface area (Å²) in [4.78, 5) is 36.7. The molecule has 3 N–H and O–H groups in total. The van der Waals surface area contributed by atoms with Gasteiger partial charge in [-0.05, 0) is 24.6 Å². The highest BCUT2D eigenvalue weighted by Crippen LogP contribution is 2.29. The van der Waals surface area contributed by atoms with Crippen LogP contribution in [0.15, 0.2) is 59.9 Å². The Bertz CT molecular complexity index is 922. The average molecular weight is 426 g/mol. The highest BCUT2D eigenvalue weighted by molar-refractivity contribution is 6.34. The van der Waals surface area contributed by atoms with Crippen molar-refractivity contribution in [2.75, 3.05) is 19.4 Å². The molecule has 1 amide bonds. The van der Waals surface area contributed by atoms with Crippen LogP contribution in [-0.4, -0.2) is 42.1 Å². The molecule has 31 heavy (non-hydrogen) atoms. The molecule has 0 aromatic heterocycles. The van der Waals surface area contributed by atoms with Gasteiger partial charge >= 0.3 is 0 Å². The minimum absolute atomic E-state index is 0.00400. The lowest BCUT2D eigenvalue weighted by Gasteiger charge is -2.17. The number of para-hydroxylation sites is 1. The number of nitrogens with zero attached hydrogens (tertiary/aromatic N) is 1. The summed E-state index contributed by atoms with van der Waals surface area (Å²) in [7, 11) is 3.14. The summed E-state index contributed by atoms with van der Waals surface area (Å²) < 4.78 is 0. The van der Waals surface area contributed by atoms with Crippen molar-refractivity contribution in [1.82, 2.24) is 10.2 Å². The van der Waals surface area contributed by atoms with E-state index in [1.165, 1.54) is 23.5 Å². The molecule has 0 bridgehead atoms. The molecular weight excluding hydrogens is 394 g/mol. The van der Waals surface area contributed by atoms with Crippen molar-refractivity contribution >= 4 is 23.7 Å². The van der Waals surface area contributed by atoms with Gasteiger partial charge in [0.2, 0.25) is 5.78 Å². The average Bonchev–Trinajstić information content (AvgIpc) is 2.77. The number of ketones is 1. The van der Waals surface area contributed by atoms with Crippen LogP contribution < -0.4 is 10.6 Å². The maximum absolute atomic E-state index is 12.2. The van der Waals surface area contributed by atoms with Gasteiger partial charge in [0.1, 0.15) is 5.70 Å². The Morgan fingerprint density at radius 1 is 1.03 bits per heavy atom. The lowest BCUT2D eigenvalue weighted by atomic mass is 10.1. The number of aldehydes is 1. The minimum atomic E-state index is -0.776. The first-order valence-electron chi connectivity index (χ1n) is 10.1. The van der Waals surface area contributed by atoms with Gasteiger partial charge in [-0.3, -0.25) is 14.4 Å². The van der Waals surface area contributed by atoms with Gasteiger partial charge in [0, 0.05) is 26.3 Å². The van der Waals surface area contributed by atoms with Gasteiger partial charge in [0.15, 0.2) is 12.0 Å². The summed E-state index contributed by atoms with van der Waals surface area (Å²) in [6.07, 6.45) is 1.45. The molecule has 166 valence electrons. The Kier molecular flexibility index (Phi) is 10.5. The normalized spacial score (nSPS) is 10.7. The summed E-state index contributed by atoms with van der Waals surface area (Å²) in [6, 6.07) is 14.1. The molecular formula is C24H31N3O4. The molecule has 2 aromatic carbocycles. The van der Waals surface area contributed by atoms with Crippen LogP contribution in [-0.2, 0) is 16.1 Å². The van der Waals surface area contributed by atoms with Crippen molar-refractivity contribution in [3.8, 4) is 5.75 Å². The molecule has 0 atom stereocenters. The first-order valence-corrected chi connectivity index (χ1v) is 10.1. The number of carbonyl (C=O) groups is 3. The second kappa shape index (κ2) is 12.8. The zero-order valence-corrected chi connectivity index (χ0v) is 18.7. The number of hydrogen-bond donors (Lipinski definition) is 3. The van der Waals surface area contributed by atoms with Crippen molar-refractivity contribution in [3.05, 3.63) is 71.1 Å². The van der Waals surface area contributed by atoms with E-state index in [-0.39, 0.29) is 34.9 Å².